The lowest BCUT2D eigenvalue weighted by Crippen LogP contribution is -2.37. The number of amides is 1. The Balaban J connectivity index is 1.54. The summed E-state index contributed by atoms with van der Waals surface area (Å²) < 4.78 is 0. The van der Waals surface area contributed by atoms with Crippen LogP contribution in [0.1, 0.15) is 25.0 Å². The highest BCUT2D eigenvalue weighted by Gasteiger charge is 2.42. The van der Waals surface area contributed by atoms with Crippen molar-refractivity contribution in [1.29, 1.82) is 0 Å². The molecule has 17 heavy (non-hydrogen) atoms. The first-order valence-electron chi connectivity index (χ1n) is 6.13. The summed E-state index contributed by atoms with van der Waals surface area (Å²) in [6, 6.07) is 4.65. The lowest BCUT2D eigenvalue weighted by Gasteiger charge is -2.19. The van der Waals surface area contributed by atoms with E-state index in [-0.39, 0.29) is 11.8 Å². The minimum atomic E-state index is 0.144. The molecule has 5 nitrogen and oxygen atoms in total. The van der Waals surface area contributed by atoms with Crippen molar-refractivity contribution in [3.05, 3.63) is 24.0 Å². The molecular formula is C12H16N4O. The van der Waals surface area contributed by atoms with Crippen LogP contribution in [0.4, 0.5) is 0 Å². The molecule has 0 aliphatic carbocycles. The smallest absolute Gasteiger partial charge is 0.225 e. The molecule has 2 bridgehead atoms. The van der Waals surface area contributed by atoms with Crippen LogP contribution in [0.2, 0.25) is 0 Å². The molecule has 1 aromatic heterocycles. The van der Waals surface area contributed by atoms with E-state index < -0.39 is 0 Å². The van der Waals surface area contributed by atoms with E-state index in [2.05, 4.69) is 20.8 Å². The van der Waals surface area contributed by atoms with E-state index in [4.69, 9.17) is 0 Å². The van der Waals surface area contributed by atoms with E-state index in [0.29, 0.717) is 18.6 Å². The quantitative estimate of drug-likeness (QED) is 0.783. The lowest BCUT2D eigenvalue weighted by atomic mass is 9.88. The number of rotatable bonds is 3. The predicted molar refractivity (Wildman–Crippen MR) is 61.9 cm³/mol. The van der Waals surface area contributed by atoms with Crippen LogP contribution in [-0.2, 0) is 11.3 Å². The molecule has 2 N–H and O–H groups in total. The monoisotopic (exact) mass is 232 g/mol. The molecule has 2 fully saturated rings. The van der Waals surface area contributed by atoms with Gasteiger partial charge in [-0.15, -0.1) is 0 Å². The van der Waals surface area contributed by atoms with E-state index >= 15 is 0 Å². The normalized spacial score (nSPS) is 30.5. The zero-order valence-corrected chi connectivity index (χ0v) is 9.60. The Kier molecular flexibility index (Phi) is 2.76. The Hall–Kier alpha value is -1.49. The fraction of sp³-hybridized carbons (Fsp3) is 0.583. The summed E-state index contributed by atoms with van der Waals surface area (Å²) in [4.78, 5) is 12.0. The van der Waals surface area contributed by atoms with Crippen molar-refractivity contribution < 1.29 is 4.79 Å². The van der Waals surface area contributed by atoms with Crippen LogP contribution in [0.25, 0.3) is 0 Å². The van der Waals surface area contributed by atoms with Gasteiger partial charge in [-0.1, -0.05) is 0 Å². The number of hydrogen-bond acceptors (Lipinski definition) is 4. The second kappa shape index (κ2) is 4.41. The van der Waals surface area contributed by atoms with Crippen molar-refractivity contribution in [3.8, 4) is 0 Å². The first-order chi connectivity index (χ1) is 8.33. The summed E-state index contributed by atoms with van der Waals surface area (Å²) >= 11 is 0. The number of carbonyl (C=O) groups is 1. The van der Waals surface area contributed by atoms with Gasteiger partial charge in [-0.3, -0.25) is 4.79 Å². The molecule has 3 atom stereocenters. The van der Waals surface area contributed by atoms with Crippen LogP contribution in [0, 0.1) is 5.92 Å². The van der Waals surface area contributed by atoms with Crippen molar-refractivity contribution in [1.82, 2.24) is 20.8 Å². The molecule has 1 amide bonds. The molecule has 1 aromatic rings. The van der Waals surface area contributed by atoms with Crippen LogP contribution in [0.3, 0.4) is 0 Å². The van der Waals surface area contributed by atoms with Crippen molar-refractivity contribution >= 4 is 5.91 Å². The van der Waals surface area contributed by atoms with Gasteiger partial charge in [0.2, 0.25) is 5.91 Å². The van der Waals surface area contributed by atoms with Crippen LogP contribution in [-0.4, -0.2) is 28.2 Å². The summed E-state index contributed by atoms with van der Waals surface area (Å²) in [5.74, 6) is 0.292. The first-order valence-corrected chi connectivity index (χ1v) is 6.13. The van der Waals surface area contributed by atoms with Gasteiger partial charge in [-0.25, -0.2) is 0 Å². The average Bonchev–Trinajstić information content (AvgIpc) is 2.99. The maximum absolute atomic E-state index is 12.0. The predicted octanol–water partition coefficient (Wildman–Crippen LogP) is 0.233. The van der Waals surface area contributed by atoms with Gasteiger partial charge in [0.1, 0.15) is 0 Å². The van der Waals surface area contributed by atoms with E-state index in [1.807, 2.05) is 12.1 Å². The Morgan fingerprint density at radius 3 is 3.12 bits per heavy atom. The maximum atomic E-state index is 12.0. The van der Waals surface area contributed by atoms with E-state index in [1.165, 1.54) is 6.42 Å². The van der Waals surface area contributed by atoms with E-state index in [0.717, 1.165) is 18.5 Å². The summed E-state index contributed by atoms with van der Waals surface area (Å²) in [6.07, 6.45) is 4.97. The van der Waals surface area contributed by atoms with Crippen LogP contribution in [0.5, 0.6) is 0 Å². The second-order valence-corrected chi connectivity index (χ2v) is 4.82. The summed E-state index contributed by atoms with van der Waals surface area (Å²) in [5, 5.41) is 14.1. The van der Waals surface area contributed by atoms with Gasteiger partial charge in [-0.05, 0) is 31.4 Å². The zero-order chi connectivity index (χ0) is 11.7. The molecule has 90 valence electrons. The standard InChI is InChI=1S/C12H16N4O/c17-12(10-6-8-3-4-11(10)15-8)13-7-9-2-1-5-14-16-9/h1-2,5,8,10-11,15H,3-4,6-7H2,(H,13,17). The average molecular weight is 232 g/mol. The molecule has 3 heterocycles. The maximum Gasteiger partial charge on any atom is 0.225 e. The second-order valence-electron chi connectivity index (χ2n) is 4.82. The summed E-state index contributed by atoms with van der Waals surface area (Å²) in [7, 11) is 0. The van der Waals surface area contributed by atoms with Crippen molar-refractivity contribution in [2.45, 2.75) is 37.9 Å². The highest BCUT2D eigenvalue weighted by atomic mass is 16.1. The van der Waals surface area contributed by atoms with Gasteiger partial charge in [0.15, 0.2) is 0 Å². The van der Waals surface area contributed by atoms with Gasteiger partial charge in [0, 0.05) is 18.3 Å². The topological polar surface area (TPSA) is 66.9 Å². The number of hydrogen-bond donors (Lipinski definition) is 2. The summed E-state index contributed by atoms with van der Waals surface area (Å²) in [6.45, 7) is 0.473. The third kappa shape index (κ3) is 2.15. The van der Waals surface area contributed by atoms with Crippen molar-refractivity contribution in [2.75, 3.05) is 0 Å². The highest BCUT2D eigenvalue weighted by Crippen LogP contribution is 2.33. The first kappa shape index (κ1) is 10.7. The molecule has 0 spiro atoms. The molecule has 2 aliphatic heterocycles. The number of carbonyl (C=O) groups excluding carboxylic acids is 1. The van der Waals surface area contributed by atoms with Crippen LogP contribution < -0.4 is 10.6 Å². The number of nitrogens with zero attached hydrogens (tertiary/aromatic N) is 2. The van der Waals surface area contributed by atoms with Crippen LogP contribution in [0.15, 0.2) is 18.3 Å². The molecule has 2 aliphatic rings. The molecular weight excluding hydrogens is 216 g/mol. The minimum Gasteiger partial charge on any atom is -0.350 e. The Bertz CT molecular complexity index is 408. The number of nitrogens with one attached hydrogen (secondary N) is 2. The number of aromatic nitrogens is 2. The molecule has 5 heteroatoms. The van der Waals surface area contributed by atoms with Gasteiger partial charge in [0.05, 0.1) is 18.2 Å². The molecule has 2 saturated heterocycles. The number of fused-ring (bicyclic) bond motifs is 2. The molecule has 0 saturated carbocycles. The third-order valence-electron chi connectivity index (χ3n) is 3.71. The Morgan fingerprint density at radius 1 is 1.53 bits per heavy atom. The largest absolute Gasteiger partial charge is 0.350 e. The van der Waals surface area contributed by atoms with E-state index in [1.54, 1.807) is 6.20 Å². The fourth-order valence-electron chi connectivity index (χ4n) is 2.85. The Morgan fingerprint density at radius 2 is 2.47 bits per heavy atom. The van der Waals surface area contributed by atoms with Gasteiger partial charge >= 0.3 is 0 Å². The van der Waals surface area contributed by atoms with Gasteiger partial charge in [0.25, 0.3) is 0 Å². The molecule has 3 unspecified atom stereocenters. The van der Waals surface area contributed by atoms with E-state index in [9.17, 15) is 4.79 Å². The third-order valence-corrected chi connectivity index (χ3v) is 3.71. The van der Waals surface area contributed by atoms with Crippen molar-refractivity contribution in [3.63, 3.8) is 0 Å². The SMILES string of the molecule is O=C(NCc1cccnn1)C1CC2CCC1N2. The molecule has 3 rings (SSSR count). The lowest BCUT2D eigenvalue weighted by molar-refractivity contribution is -0.125. The van der Waals surface area contributed by atoms with Gasteiger partial charge < -0.3 is 10.6 Å². The van der Waals surface area contributed by atoms with Crippen LogP contribution >= 0.6 is 0 Å². The zero-order valence-electron chi connectivity index (χ0n) is 9.60. The molecule has 0 aromatic carbocycles. The Labute approximate surface area is 100 Å². The molecule has 0 radical (unpaired) electrons. The summed E-state index contributed by atoms with van der Waals surface area (Å²) in [5.41, 5.74) is 0.803. The highest BCUT2D eigenvalue weighted by molar-refractivity contribution is 5.80. The fourth-order valence-corrected chi connectivity index (χ4v) is 2.85. The van der Waals surface area contributed by atoms with Gasteiger partial charge in [-0.2, -0.15) is 10.2 Å². The van der Waals surface area contributed by atoms with Crippen molar-refractivity contribution in [2.24, 2.45) is 5.92 Å². The minimum absolute atomic E-state index is 0.144.